The van der Waals surface area contributed by atoms with Crippen LogP contribution in [0.25, 0.3) is 0 Å². The zero-order valence-electron chi connectivity index (χ0n) is 11.1. The summed E-state index contributed by atoms with van der Waals surface area (Å²) >= 11 is 0. The molecule has 4 heteroatoms. The lowest BCUT2D eigenvalue weighted by atomic mass is 10.1. The number of amides is 1. The summed E-state index contributed by atoms with van der Waals surface area (Å²) in [6.45, 7) is 1.32. The van der Waals surface area contributed by atoms with Gasteiger partial charge in [-0.3, -0.25) is 4.79 Å². The number of nitrogens with zero attached hydrogens (tertiary/aromatic N) is 1. The summed E-state index contributed by atoms with van der Waals surface area (Å²) in [5, 5.41) is 0. The van der Waals surface area contributed by atoms with Gasteiger partial charge in [-0.2, -0.15) is 0 Å². The van der Waals surface area contributed by atoms with Crippen molar-refractivity contribution in [2.24, 2.45) is 5.73 Å². The maximum absolute atomic E-state index is 12.8. The van der Waals surface area contributed by atoms with Gasteiger partial charge in [0.25, 0.3) is 0 Å². The number of hydrogen-bond acceptors (Lipinski definition) is 2. The van der Waals surface area contributed by atoms with Crippen LogP contribution in [-0.2, 0) is 11.2 Å². The number of nitrogens with two attached hydrogens (primary N) is 1. The van der Waals surface area contributed by atoms with Crippen molar-refractivity contribution >= 4 is 5.91 Å². The Morgan fingerprint density at radius 3 is 2.68 bits per heavy atom. The molecule has 1 amide bonds. The molecule has 0 bridgehead atoms. The standard InChI is InChI=1S/C15H21FN2O/c16-13-7-5-12(6-8-13)10-15(19)18-9-3-1-2-4-14(18)11-17/h5-8,14H,1-4,9-11,17H2. The van der Waals surface area contributed by atoms with Gasteiger partial charge in [0.15, 0.2) is 0 Å². The van der Waals surface area contributed by atoms with Crippen molar-refractivity contribution in [3.8, 4) is 0 Å². The van der Waals surface area contributed by atoms with E-state index < -0.39 is 0 Å². The summed E-state index contributed by atoms with van der Waals surface area (Å²) in [4.78, 5) is 14.3. The van der Waals surface area contributed by atoms with E-state index in [1.165, 1.54) is 12.1 Å². The molecular formula is C15H21FN2O. The van der Waals surface area contributed by atoms with Crippen molar-refractivity contribution in [3.05, 3.63) is 35.6 Å². The molecule has 19 heavy (non-hydrogen) atoms. The van der Waals surface area contributed by atoms with E-state index in [4.69, 9.17) is 5.73 Å². The van der Waals surface area contributed by atoms with E-state index in [2.05, 4.69) is 0 Å². The summed E-state index contributed by atoms with van der Waals surface area (Å²) < 4.78 is 12.8. The van der Waals surface area contributed by atoms with E-state index in [0.29, 0.717) is 13.0 Å². The van der Waals surface area contributed by atoms with Gasteiger partial charge in [-0.1, -0.05) is 25.0 Å². The molecule has 1 aliphatic rings. The Morgan fingerprint density at radius 1 is 1.26 bits per heavy atom. The smallest absolute Gasteiger partial charge is 0.227 e. The highest BCUT2D eigenvalue weighted by Crippen LogP contribution is 2.17. The van der Waals surface area contributed by atoms with Crippen LogP contribution in [0.4, 0.5) is 4.39 Å². The third kappa shape index (κ3) is 3.77. The average molecular weight is 264 g/mol. The maximum atomic E-state index is 12.8. The molecule has 104 valence electrons. The highest BCUT2D eigenvalue weighted by Gasteiger charge is 2.24. The predicted molar refractivity (Wildman–Crippen MR) is 73.1 cm³/mol. The van der Waals surface area contributed by atoms with Crippen LogP contribution in [0.3, 0.4) is 0 Å². The lowest BCUT2D eigenvalue weighted by Crippen LogP contribution is -2.44. The van der Waals surface area contributed by atoms with Crippen molar-refractivity contribution in [1.29, 1.82) is 0 Å². The van der Waals surface area contributed by atoms with Crippen molar-refractivity contribution < 1.29 is 9.18 Å². The average Bonchev–Trinajstić information content (AvgIpc) is 2.66. The van der Waals surface area contributed by atoms with Crippen LogP contribution in [0.5, 0.6) is 0 Å². The van der Waals surface area contributed by atoms with Crippen molar-refractivity contribution in [1.82, 2.24) is 4.90 Å². The normalized spacial score (nSPS) is 20.1. The molecule has 1 atom stereocenters. The third-order valence-corrected chi connectivity index (χ3v) is 3.74. The van der Waals surface area contributed by atoms with E-state index >= 15 is 0 Å². The molecule has 0 spiro atoms. The Labute approximate surface area is 113 Å². The Bertz CT molecular complexity index is 419. The zero-order chi connectivity index (χ0) is 13.7. The fourth-order valence-corrected chi connectivity index (χ4v) is 2.63. The first-order chi connectivity index (χ1) is 9.20. The Morgan fingerprint density at radius 2 is 2.00 bits per heavy atom. The Kier molecular flexibility index (Phi) is 4.91. The molecule has 2 N–H and O–H groups in total. The molecule has 2 rings (SSSR count). The zero-order valence-corrected chi connectivity index (χ0v) is 11.1. The Balaban J connectivity index is 2.02. The molecule has 1 aliphatic heterocycles. The van der Waals surface area contributed by atoms with E-state index in [1.54, 1.807) is 12.1 Å². The van der Waals surface area contributed by atoms with Crippen LogP contribution in [-0.4, -0.2) is 29.9 Å². The molecule has 3 nitrogen and oxygen atoms in total. The largest absolute Gasteiger partial charge is 0.338 e. The van der Waals surface area contributed by atoms with Crippen molar-refractivity contribution in [2.45, 2.75) is 38.1 Å². The van der Waals surface area contributed by atoms with Gasteiger partial charge in [-0.05, 0) is 30.5 Å². The summed E-state index contributed by atoms with van der Waals surface area (Å²) in [6.07, 6.45) is 4.67. The topological polar surface area (TPSA) is 46.3 Å². The molecule has 0 aliphatic carbocycles. The van der Waals surface area contributed by atoms with Gasteiger partial charge in [-0.25, -0.2) is 4.39 Å². The fraction of sp³-hybridized carbons (Fsp3) is 0.533. The summed E-state index contributed by atoms with van der Waals surface area (Å²) in [5.74, 6) is -0.172. The predicted octanol–water partition coefficient (Wildman–Crippen LogP) is 2.10. The Hall–Kier alpha value is -1.42. The van der Waals surface area contributed by atoms with Crippen molar-refractivity contribution in [3.63, 3.8) is 0 Å². The molecular weight excluding hydrogens is 243 g/mol. The lowest BCUT2D eigenvalue weighted by molar-refractivity contribution is -0.132. The van der Waals surface area contributed by atoms with Crippen molar-refractivity contribution in [2.75, 3.05) is 13.1 Å². The first-order valence-electron chi connectivity index (χ1n) is 6.94. The molecule has 1 saturated heterocycles. The van der Waals surface area contributed by atoms with Gasteiger partial charge in [-0.15, -0.1) is 0 Å². The van der Waals surface area contributed by atoms with Crippen LogP contribution >= 0.6 is 0 Å². The summed E-state index contributed by atoms with van der Waals surface area (Å²) in [5.41, 5.74) is 6.62. The van der Waals surface area contributed by atoms with Crippen LogP contribution in [0.1, 0.15) is 31.2 Å². The first-order valence-corrected chi connectivity index (χ1v) is 6.94. The number of rotatable bonds is 3. The quantitative estimate of drug-likeness (QED) is 0.908. The number of halogens is 1. The lowest BCUT2D eigenvalue weighted by Gasteiger charge is -2.29. The molecule has 1 heterocycles. The van der Waals surface area contributed by atoms with Crippen LogP contribution < -0.4 is 5.73 Å². The van der Waals surface area contributed by atoms with E-state index in [-0.39, 0.29) is 17.8 Å². The number of hydrogen-bond donors (Lipinski definition) is 1. The fourth-order valence-electron chi connectivity index (χ4n) is 2.63. The second kappa shape index (κ2) is 6.66. The number of carbonyl (C=O) groups is 1. The van der Waals surface area contributed by atoms with E-state index in [9.17, 15) is 9.18 Å². The maximum Gasteiger partial charge on any atom is 0.227 e. The summed E-state index contributed by atoms with van der Waals surface area (Å²) in [7, 11) is 0. The van der Waals surface area contributed by atoms with Crippen LogP contribution in [0.15, 0.2) is 24.3 Å². The number of likely N-dealkylation sites (tertiary alicyclic amines) is 1. The first kappa shape index (κ1) is 14.0. The van der Waals surface area contributed by atoms with Gasteiger partial charge in [0.2, 0.25) is 5.91 Å². The molecule has 0 radical (unpaired) electrons. The molecule has 0 aromatic heterocycles. The van der Waals surface area contributed by atoms with Crippen LogP contribution in [0.2, 0.25) is 0 Å². The molecule has 0 saturated carbocycles. The second-order valence-electron chi connectivity index (χ2n) is 5.13. The van der Waals surface area contributed by atoms with Gasteiger partial charge < -0.3 is 10.6 Å². The van der Waals surface area contributed by atoms with Gasteiger partial charge in [0.1, 0.15) is 5.82 Å². The van der Waals surface area contributed by atoms with Gasteiger partial charge in [0.05, 0.1) is 6.42 Å². The minimum atomic E-state index is -0.272. The number of carbonyl (C=O) groups excluding carboxylic acids is 1. The van der Waals surface area contributed by atoms with Gasteiger partial charge in [0, 0.05) is 19.1 Å². The highest BCUT2D eigenvalue weighted by molar-refractivity contribution is 5.79. The summed E-state index contributed by atoms with van der Waals surface area (Å²) in [6, 6.07) is 6.29. The molecule has 1 fully saturated rings. The molecule has 1 aromatic rings. The van der Waals surface area contributed by atoms with E-state index in [1.807, 2.05) is 4.90 Å². The number of benzene rings is 1. The van der Waals surface area contributed by atoms with E-state index in [0.717, 1.165) is 37.8 Å². The monoisotopic (exact) mass is 264 g/mol. The van der Waals surface area contributed by atoms with Gasteiger partial charge >= 0.3 is 0 Å². The molecule has 1 unspecified atom stereocenters. The minimum Gasteiger partial charge on any atom is -0.338 e. The minimum absolute atomic E-state index is 0.101. The second-order valence-corrected chi connectivity index (χ2v) is 5.13. The SMILES string of the molecule is NCC1CCCCCN1C(=O)Cc1ccc(F)cc1. The highest BCUT2D eigenvalue weighted by atomic mass is 19.1. The molecule has 1 aromatic carbocycles. The third-order valence-electron chi connectivity index (χ3n) is 3.74. The van der Waals surface area contributed by atoms with Crippen LogP contribution in [0, 0.1) is 5.82 Å².